The number of nitrogens with zero attached hydrogens (tertiary/aromatic N) is 5. The lowest BCUT2D eigenvalue weighted by Gasteiger charge is -2.42. The van der Waals surface area contributed by atoms with Crippen LogP contribution in [0.1, 0.15) is 51.0 Å². The highest BCUT2D eigenvalue weighted by Gasteiger charge is 2.43. The molecule has 1 aliphatic heterocycles. The number of carbonyl (C=O) groups excluding carboxylic acids is 1. The van der Waals surface area contributed by atoms with Gasteiger partial charge in [0.15, 0.2) is 11.6 Å². The van der Waals surface area contributed by atoms with Crippen LogP contribution in [0.4, 0.5) is 18.0 Å². The van der Waals surface area contributed by atoms with Crippen molar-refractivity contribution in [3.05, 3.63) is 71.6 Å². The summed E-state index contributed by atoms with van der Waals surface area (Å²) in [4.78, 5) is 21.7. The molecule has 1 saturated heterocycles. The number of urea groups is 1. The molecule has 2 heterocycles. The third kappa shape index (κ3) is 6.47. The van der Waals surface area contributed by atoms with E-state index in [4.69, 9.17) is 5.73 Å². The van der Waals surface area contributed by atoms with Crippen molar-refractivity contribution >= 4 is 6.03 Å². The van der Waals surface area contributed by atoms with Crippen molar-refractivity contribution in [2.24, 2.45) is 11.1 Å². The van der Waals surface area contributed by atoms with Crippen LogP contribution in [0.3, 0.4) is 0 Å². The number of aliphatic hydroxyl groups excluding tert-OH is 1. The zero-order valence-electron chi connectivity index (χ0n) is 23.1. The Labute approximate surface area is 232 Å². The van der Waals surface area contributed by atoms with Gasteiger partial charge >= 0.3 is 6.03 Å². The Morgan fingerprint density at radius 2 is 1.93 bits per heavy atom. The number of aromatic nitrogens is 3. The van der Waals surface area contributed by atoms with Crippen LogP contribution in [-0.2, 0) is 6.54 Å². The minimum absolute atomic E-state index is 0.0467. The summed E-state index contributed by atoms with van der Waals surface area (Å²) < 4.78 is 45.5. The molecule has 0 bridgehead atoms. The summed E-state index contributed by atoms with van der Waals surface area (Å²) in [5.74, 6) is -1.09. The molecule has 8 nitrogen and oxygen atoms in total. The molecule has 40 heavy (non-hydrogen) atoms. The molecule has 3 atom stereocenters. The molecule has 1 fully saturated rings. The van der Waals surface area contributed by atoms with Crippen molar-refractivity contribution in [2.75, 3.05) is 26.2 Å². The fourth-order valence-corrected chi connectivity index (χ4v) is 5.23. The van der Waals surface area contributed by atoms with Crippen LogP contribution < -0.4 is 5.73 Å². The maximum atomic E-state index is 15.0. The van der Waals surface area contributed by atoms with E-state index >= 15 is 0 Å². The molecule has 4 rings (SSSR count). The first kappa shape index (κ1) is 29.5. The Hall–Kier alpha value is -3.44. The average molecular weight is 559 g/mol. The van der Waals surface area contributed by atoms with Gasteiger partial charge in [0.25, 0.3) is 0 Å². The zero-order chi connectivity index (χ0) is 29.0. The Morgan fingerprint density at radius 1 is 1.20 bits per heavy atom. The number of hydrogen-bond acceptors (Lipinski definition) is 5. The number of likely N-dealkylation sites (tertiary alicyclic amines) is 1. The van der Waals surface area contributed by atoms with Gasteiger partial charge in [-0.1, -0.05) is 51.1 Å². The highest BCUT2D eigenvalue weighted by atomic mass is 19.1. The highest BCUT2D eigenvalue weighted by molar-refractivity contribution is 5.76. The van der Waals surface area contributed by atoms with Gasteiger partial charge in [0.2, 0.25) is 0 Å². The van der Waals surface area contributed by atoms with Crippen molar-refractivity contribution in [2.45, 2.75) is 58.4 Å². The Morgan fingerprint density at radius 3 is 2.58 bits per heavy atom. The summed E-state index contributed by atoms with van der Waals surface area (Å²) in [6.07, 6.45) is -0.164. The van der Waals surface area contributed by atoms with Crippen molar-refractivity contribution in [1.29, 1.82) is 0 Å². The van der Waals surface area contributed by atoms with E-state index in [-0.39, 0.29) is 43.7 Å². The molecule has 1 aromatic heterocycles. The average Bonchev–Trinajstić information content (AvgIpc) is 3.56. The van der Waals surface area contributed by atoms with Crippen LogP contribution in [-0.4, -0.2) is 74.2 Å². The first-order chi connectivity index (χ1) is 19.0. The molecule has 2 aromatic carbocycles. The minimum atomic E-state index is -1.52. The lowest BCUT2D eigenvalue weighted by molar-refractivity contribution is 0.0590. The van der Waals surface area contributed by atoms with Crippen LogP contribution in [0.15, 0.2) is 48.5 Å². The minimum Gasteiger partial charge on any atom is -0.394 e. The molecular formula is C29H37F3N6O2. The molecule has 11 heteroatoms. The van der Waals surface area contributed by atoms with Gasteiger partial charge in [0.05, 0.1) is 37.3 Å². The van der Waals surface area contributed by atoms with Gasteiger partial charge < -0.3 is 20.6 Å². The Balaban J connectivity index is 1.89. The van der Waals surface area contributed by atoms with E-state index in [2.05, 4.69) is 10.1 Å². The van der Waals surface area contributed by atoms with E-state index in [1.807, 2.05) is 51.1 Å². The number of alkyl halides is 1. The number of aliphatic hydroxyl groups is 1. The molecule has 0 spiro atoms. The first-order valence-corrected chi connectivity index (χ1v) is 13.5. The molecule has 0 unspecified atom stereocenters. The second-order valence-electron chi connectivity index (χ2n) is 11.3. The molecule has 0 radical (unpaired) electrons. The summed E-state index contributed by atoms with van der Waals surface area (Å²) in [5.41, 5.74) is 5.69. The van der Waals surface area contributed by atoms with E-state index in [1.54, 1.807) is 9.58 Å². The van der Waals surface area contributed by atoms with E-state index in [9.17, 15) is 23.1 Å². The molecule has 2 amide bonds. The monoisotopic (exact) mass is 558 g/mol. The molecule has 0 saturated carbocycles. The maximum Gasteiger partial charge on any atom is 0.321 e. The summed E-state index contributed by atoms with van der Waals surface area (Å²) in [6, 6.07) is 10.8. The lowest BCUT2D eigenvalue weighted by Crippen LogP contribution is -2.53. The summed E-state index contributed by atoms with van der Waals surface area (Å²) in [6.45, 7) is 5.53. The molecule has 3 aromatic rings. The normalized spacial score (nSPS) is 17.2. The number of carbonyl (C=O) groups is 1. The largest absolute Gasteiger partial charge is 0.394 e. The molecule has 216 valence electrons. The standard InChI is InChI=1S/C29H37F3N6O2/c1-29(2,3)25(37(17-21(31)15-33)28(40)36-13-7-10-22(36)18-39)27-34-26(23-14-20(30)11-12-24(23)32)35-38(27)16-19-8-5-4-6-9-19/h4-6,8-9,11-12,14,21-22,25,39H,7,10,13,15-18,33H2,1-3H3/t21-,22-,25-/m0/s1. The number of amides is 2. The van der Waals surface area contributed by atoms with Crippen LogP contribution in [0.25, 0.3) is 11.4 Å². The van der Waals surface area contributed by atoms with Gasteiger partial charge in [-0.15, -0.1) is 0 Å². The summed E-state index contributed by atoms with van der Waals surface area (Å²) in [7, 11) is 0. The van der Waals surface area contributed by atoms with E-state index < -0.39 is 35.3 Å². The smallest absolute Gasteiger partial charge is 0.321 e. The number of benzene rings is 2. The SMILES string of the molecule is CC(C)(C)[C@H](c1nc(-c2cc(F)ccc2F)nn1Cc1ccccc1)N(C[C@@H](F)CN)C(=O)N1CCC[C@H]1CO. The van der Waals surface area contributed by atoms with E-state index in [0.717, 1.165) is 23.8 Å². The van der Waals surface area contributed by atoms with Gasteiger partial charge in [0, 0.05) is 13.1 Å². The number of hydrogen-bond donors (Lipinski definition) is 2. The maximum absolute atomic E-state index is 15.0. The second-order valence-corrected chi connectivity index (χ2v) is 11.3. The highest BCUT2D eigenvalue weighted by Crippen LogP contribution is 2.40. The quantitative estimate of drug-likeness (QED) is 0.402. The Kier molecular flexibility index (Phi) is 9.15. The molecular weight excluding hydrogens is 521 g/mol. The van der Waals surface area contributed by atoms with Crippen molar-refractivity contribution in [3.8, 4) is 11.4 Å². The van der Waals surface area contributed by atoms with Gasteiger partial charge in [-0.3, -0.25) is 0 Å². The van der Waals surface area contributed by atoms with E-state index in [1.165, 1.54) is 4.90 Å². The van der Waals surface area contributed by atoms with Gasteiger partial charge in [0.1, 0.15) is 17.8 Å². The van der Waals surface area contributed by atoms with Crippen LogP contribution >= 0.6 is 0 Å². The van der Waals surface area contributed by atoms with Crippen LogP contribution in [0, 0.1) is 17.0 Å². The fourth-order valence-electron chi connectivity index (χ4n) is 5.23. The summed E-state index contributed by atoms with van der Waals surface area (Å²) in [5, 5.41) is 14.5. The van der Waals surface area contributed by atoms with Crippen LogP contribution in [0.5, 0.6) is 0 Å². The van der Waals surface area contributed by atoms with Gasteiger partial charge in [-0.25, -0.2) is 27.6 Å². The third-order valence-electron chi connectivity index (χ3n) is 7.15. The topological polar surface area (TPSA) is 101 Å². The predicted molar refractivity (Wildman–Crippen MR) is 146 cm³/mol. The third-order valence-corrected chi connectivity index (χ3v) is 7.15. The zero-order valence-corrected chi connectivity index (χ0v) is 23.1. The number of halogens is 3. The van der Waals surface area contributed by atoms with Crippen molar-refractivity contribution < 1.29 is 23.1 Å². The van der Waals surface area contributed by atoms with Crippen molar-refractivity contribution in [1.82, 2.24) is 24.6 Å². The number of rotatable bonds is 9. The molecule has 3 N–H and O–H groups in total. The molecule has 0 aliphatic carbocycles. The van der Waals surface area contributed by atoms with Gasteiger partial charge in [-0.2, -0.15) is 5.10 Å². The fraction of sp³-hybridized carbons (Fsp3) is 0.483. The predicted octanol–water partition coefficient (Wildman–Crippen LogP) is 4.53. The Bertz CT molecular complexity index is 1300. The first-order valence-electron chi connectivity index (χ1n) is 13.5. The lowest BCUT2D eigenvalue weighted by atomic mass is 9.84. The van der Waals surface area contributed by atoms with Gasteiger partial charge in [-0.05, 0) is 42.0 Å². The number of nitrogens with two attached hydrogens (primary N) is 1. The summed E-state index contributed by atoms with van der Waals surface area (Å²) >= 11 is 0. The van der Waals surface area contributed by atoms with Crippen molar-refractivity contribution in [3.63, 3.8) is 0 Å². The molecule has 1 aliphatic rings. The van der Waals surface area contributed by atoms with E-state index in [0.29, 0.717) is 25.2 Å². The van der Waals surface area contributed by atoms with Crippen LogP contribution in [0.2, 0.25) is 0 Å². The second kappa shape index (κ2) is 12.4.